The minimum absolute atomic E-state index is 0.689. The van der Waals surface area contributed by atoms with Crippen molar-refractivity contribution in [2.45, 2.75) is 13.1 Å². The van der Waals surface area contributed by atoms with Gasteiger partial charge in [0, 0.05) is 30.9 Å². The molecular weight excluding hydrogens is 276 g/mol. The van der Waals surface area contributed by atoms with Gasteiger partial charge in [-0.15, -0.1) is 11.3 Å². The highest BCUT2D eigenvalue weighted by atomic mass is 32.1. The van der Waals surface area contributed by atoms with Crippen LogP contribution in [0.3, 0.4) is 0 Å². The largest absolute Gasteiger partial charge is 0.329 e. The number of thiophene rings is 1. The van der Waals surface area contributed by atoms with Crippen LogP contribution < -0.4 is 5.73 Å². The van der Waals surface area contributed by atoms with Gasteiger partial charge in [-0.05, 0) is 28.0 Å². The average molecular weight is 296 g/mol. The maximum absolute atomic E-state index is 5.79. The average Bonchev–Trinajstić information content (AvgIpc) is 2.92. The Kier molecular flexibility index (Phi) is 4.65. The zero-order chi connectivity index (χ0) is 14.5. The molecule has 1 heterocycles. The summed E-state index contributed by atoms with van der Waals surface area (Å²) in [5.41, 5.74) is 8.53. The molecule has 0 saturated heterocycles. The quantitative estimate of drug-likeness (QED) is 0.748. The van der Waals surface area contributed by atoms with Crippen molar-refractivity contribution in [3.05, 3.63) is 71.1 Å². The lowest BCUT2D eigenvalue weighted by molar-refractivity contribution is 0.265. The molecule has 21 heavy (non-hydrogen) atoms. The Bertz CT molecular complexity index is 691. The third kappa shape index (κ3) is 3.50. The molecule has 2 nitrogen and oxygen atoms in total. The summed E-state index contributed by atoms with van der Waals surface area (Å²) in [5.74, 6) is 0. The third-order valence-electron chi connectivity index (χ3n) is 3.65. The number of hydrogen-bond donors (Lipinski definition) is 1. The molecule has 0 unspecified atom stereocenters. The Morgan fingerprint density at radius 2 is 1.67 bits per heavy atom. The van der Waals surface area contributed by atoms with Crippen LogP contribution in [-0.4, -0.2) is 18.0 Å². The van der Waals surface area contributed by atoms with Crippen molar-refractivity contribution >= 4 is 21.4 Å². The normalized spacial score (nSPS) is 11.3. The van der Waals surface area contributed by atoms with Crippen LogP contribution in [0.5, 0.6) is 0 Å². The molecule has 1 aromatic heterocycles. The van der Waals surface area contributed by atoms with Gasteiger partial charge in [-0.3, -0.25) is 4.90 Å². The molecule has 0 aliphatic carbocycles. The zero-order valence-corrected chi connectivity index (χ0v) is 12.9. The lowest BCUT2D eigenvalue weighted by Crippen LogP contribution is -2.28. The number of hydrogen-bond acceptors (Lipinski definition) is 3. The molecule has 0 atom stereocenters. The predicted octanol–water partition coefficient (Wildman–Crippen LogP) is 3.86. The van der Waals surface area contributed by atoms with Crippen molar-refractivity contribution < 1.29 is 0 Å². The molecule has 0 aliphatic rings. The van der Waals surface area contributed by atoms with E-state index < -0.39 is 0 Å². The topological polar surface area (TPSA) is 29.3 Å². The van der Waals surface area contributed by atoms with E-state index in [1.165, 1.54) is 21.2 Å². The van der Waals surface area contributed by atoms with Crippen molar-refractivity contribution in [2.75, 3.05) is 13.1 Å². The standard InChI is InChI=1S/C18H20N2S/c19-10-11-20(12-15-6-2-1-3-7-15)13-16-14-21-18-9-5-4-8-17(16)18/h1-9,14H,10-13,19H2. The molecule has 2 aromatic carbocycles. The van der Waals surface area contributed by atoms with Gasteiger partial charge in [0.2, 0.25) is 0 Å². The molecule has 108 valence electrons. The Hall–Kier alpha value is -1.68. The molecule has 0 aliphatic heterocycles. The minimum Gasteiger partial charge on any atom is -0.329 e. The maximum Gasteiger partial charge on any atom is 0.0346 e. The second kappa shape index (κ2) is 6.85. The maximum atomic E-state index is 5.79. The molecule has 0 radical (unpaired) electrons. The number of rotatable bonds is 6. The first kappa shape index (κ1) is 14.3. The summed E-state index contributed by atoms with van der Waals surface area (Å²) in [6.07, 6.45) is 0. The summed E-state index contributed by atoms with van der Waals surface area (Å²) in [7, 11) is 0. The van der Waals surface area contributed by atoms with Crippen molar-refractivity contribution in [1.82, 2.24) is 4.90 Å². The fourth-order valence-corrected chi connectivity index (χ4v) is 3.59. The first-order valence-electron chi connectivity index (χ1n) is 7.28. The SMILES string of the molecule is NCCN(Cc1ccccc1)Cc1csc2ccccc12. The van der Waals surface area contributed by atoms with Gasteiger partial charge in [-0.25, -0.2) is 0 Å². The van der Waals surface area contributed by atoms with Crippen LogP contribution in [0.2, 0.25) is 0 Å². The van der Waals surface area contributed by atoms with E-state index in [1.807, 2.05) is 11.3 Å². The Balaban J connectivity index is 1.78. The van der Waals surface area contributed by atoms with Gasteiger partial charge in [0.25, 0.3) is 0 Å². The molecular formula is C18H20N2S. The van der Waals surface area contributed by atoms with Gasteiger partial charge in [0.1, 0.15) is 0 Å². The van der Waals surface area contributed by atoms with Gasteiger partial charge in [-0.2, -0.15) is 0 Å². The summed E-state index contributed by atoms with van der Waals surface area (Å²) in [6, 6.07) is 19.2. The Morgan fingerprint density at radius 3 is 2.48 bits per heavy atom. The van der Waals surface area contributed by atoms with Crippen LogP contribution in [0.1, 0.15) is 11.1 Å². The minimum atomic E-state index is 0.689. The summed E-state index contributed by atoms with van der Waals surface area (Å²) >= 11 is 1.82. The molecule has 3 aromatic rings. The van der Waals surface area contributed by atoms with E-state index in [2.05, 4.69) is 64.9 Å². The molecule has 0 bridgehead atoms. The molecule has 0 fully saturated rings. The number of nitrogens with two attached hydrogens (primary N) is 1. The van der Waals surface area contributed by atoms with Crippen molar-refractivity contribution in [3.8, 4) is 0 Å². The van der Waals surface area contributed by atoms with Gasteiger partial charge >= 0.3 is 0 Å². The first-order chi connectivity index (χ1) is 10.4. The first-order valence-corrected chi connectivity index (χ1v) is 8.16. The van der Waals surface area contributed by atoms with E-state index in [0.717, 1.165) is 19.6 Å². The Labute approximate surface area is 129 Å². The lowest BCUT2D eigenvalue weighted by Gasteiger charge is -2.21. The lowest BCUT2D eigenvalue weighted by atomic mass is 10.1. The van der Waals surface area contributed by atoms with Crippen LogP contribution in [-0.2, 0) is 13.1 Å². The van der Waals surface area contributed by atoms with E-state index in [4.69, 9.17) is 5.73 Å². The molecule has 3 rings (SSSR count). The Morgan fingerprint density at radius 1 is 0.905 bits per heavy atom. The highest BCUT2D eigenvalue weighted by molar-refractivity contribution is 7.17. The van der Waals surface area contributed by atoms with Crippen molar-refractivity contribution in [1.29, 1.82) is 0 Å². The highest BCUT2D eigenvalue weighted by Crippen LogP contribution is 2.26. The molecule has 2 N–H and O–H groups in total. The van der Waals surface area contributed by atoms with Crippen molar-refractivity contribution in [3.63, 3.8) is 0 Å². The summed E-state index contributed by atoms with van der Waals surface area (Å²) in [6.45, 7) is 3.51. The van der Waals surface area contributed by atoms with Gasteiger partial charge in [0.15, 0.2) is 0 Å². The summed E-state index contributed by atoms with van der Waals surface area (Å²) < 4.78 is 1.36. The van der Waals surface area contributed by atoms with E-state index in [9.17, 15) is 0 Å². The molecule has 0 spiro atoms. The van der Waals surface area contributed by atoms with Crippen LogP contribution in [0.25, 0.3) is 10.1 Å². The predicted molar refractivity (Wildman–Crippen MR) is 91.4 cm³/mol. The third-order valence-corrected chi connectivity index (χ3v) is 4.66. The second-order valence-electron chi connectivity index (χ2n) is 5.24. The van der Waals surface area contributed by atoms with E-state index in [0.29, 0.717) is 6.54 Å². The fourth-order valence-electron chi connectivity index (χ4n) is 2.63. The fraction of sp³-hybridized carbons (Fsp3) is 0.222. The smallest absolute Gasteiger partial charge is 0.0346 e. The van der Waals surface area contributed by atoms with E-state index in [1.54, 1.807) is 0 Å². The van der Waals surface area contributed by atoms with Crippen LogP contribution >= 0.6 is 11.3 Å². The molecule has 0 saturated carbocycles. The van der Waals surface area contributed by atoms with Gasteiger partial charge in [0.05, 0.1) is 0 Å². The summed E-state index contributed by atoms with van der Waals surface area (Å²) in [5, 5.41) is 3.65. The van der Waals surface area contributed by atoms with Crippen LogP contribution in [0, 0.1) is 0 Å². The van der Waals surface area contributed by atoms with Gasteiger partial charge < -0.3 is 5.73 Å². The van der Waals surface area contributed by atoms with Crippen LogP contribution in [0.4, 0.5) is 0 Å². The number of fused-ring (bicyclic) bond motifs is 1. The summed E-state index contributed by atoms with van der Waals surface area (Å²) in [4.78, 5) is 2.42. The number of nitrogens with zero attached hydrogens (tertiary/aromatic N) is 1. The number of benzene rings is 2. The van der Waals surface area contributed by atoms with E-state index >= 15 is 0 Å². The monoisotopic (exact) mass is 296 g/mol. The zero-order valence-electron chi connectivity index (χ0n) is 12.0. The van der Waals surface area contributed by atoms with Crippen molar-refractivity contribution in [2.24, 2.45) is 5.73 Å². The van der Waals surface area contributed by atoms with Crippen LogP contribution in [0.15, 0.2) is 60.0 Å². The highest BCUT2D eigenvalue weighted by Gasteiger charge is 2.10. The second-order valence-corrected chi connectivity index (χ2v) is 6.15. The molecule has 0 amide bonds. The van der Waals surface area contributed by atoms with E-state index in [-0.39, 0.29) is 0 Å². The molecule has 3 heteroatoms. The van der Waals surface area contributed by atoms with Gasteiger partial charge in [-0.1, -0.05) is 48.5 Å².